The molecule has 2 heterocycles. The van der Waals surface area contributed by atoms with Gasteiger partial charge < -0.3 is 18.9 Å². The maximum absolute atomic E-state index is 6.44. The Balaban J connectivity index is 1.19. The molecule has 32 heavy (non-hydrogen) atoms. The van der Waals surface area contributed by atoms with Gasteiger partial charge in [-0.1, -0.05) is 25.5 Å². The van der Waals surface area contributed by atoms with Crippen molar-refractivity contribution in [3.8, 4) is 0 Å². The Kier molecular flexibility index (Phi) is 5.57. The first-order valence-electron chi connectivity index (χ1n) is 13.7. The second kappa shape index (κ2) is 8.07. The molecule has 0 aromatic rings. The van der Waals surface area contributed by atoms with Gasteiger partial charge in [-0.05, 0) is 106 Å². The molecule has 0 amide bonds. The summed E-state index contributed by atoms with van der Waals surface area (Å²) in [5.41, 5.74) is 2.44. The Hall–Kier alpha value is -0.420. The van der Waals surface area contributed by atoms with E-state index in [-0.39, 0.29) is 12.1 Å². The number of fused-ring (bicyclic) bond motifs is 5. The first-order valence-corrected chi connectivity index (χ1v) is 13.7. The molecular weight excluding hydrogens is 400 g/mol. The molecule has 4 aliphatic carbocycles. The van der Waals surface area contributed by atoms with E-state index < -0.39 is 0 Å². The molecule has 2 aliphatic heterocycles. The van der Waals surface area contributed by atoms with Crippen molar-refractivity contribution < 1.29 is 18.9 Å². The lowest BCUT2D eigenvalue weighted by Crippen LogP contribution is -2.53. The summed E-state index contributed by atoms with van der Waals surface area (Å²) in [5, 5.41) is 0. The van der Waals surface area contributed by atoms with Gasteiger partial charge in [-0.2, -0.15) is 0 Å². The monoisotopic (exact) mass is 444 g/mol. The molecule has 4 nitrogen and oxygen atoms in total. The molecule has 2 saturated heterocycles. The third kappa shape index (κ3) is 3.38. The minimum Gasteiger partial charge on any atom is -0.353 e. The Morgan fingerprint density at radius 3 is 2.50 bits per heavy atom. The van der Waals surface area contributed by atoms with E-state index in [1.54, 1.807) is 5.57 Å². The Bertz CT molecular complexity index is 736. The predicted octanol–water partition coefficient (Wildman–Crippen LogP) is 6.24. The molecule has 5 fully saturated rings. The number of rotatable bonds is 3. The van der Waals surface area contributed by atoms with Gasteiger partial charge in [0.15, 0.2) is 12.1 Å². The summed E-state index contributed by atoms with van der Waals surface area (Å²) in [6.45, 7) is 9.80. The molecule has 4 heteroatoms. The highest BCUT2D eigenvalue weighted by Gasteiger charge is 2.62. The largest absolute Gasteiger partial charge is 0.353 e. The molecular formula is C28H44O4. The van der Waals surface area contributed by atoms with Crippen LogP contribution >= 0.6 is 0 Å². The Morgan fingerprint density at radius 2 is 1.72 bits per heavy atom. The fourth-order valence-electron chi connectivity index (χ4n) is 9.37. The zero-order chi connectivity index (χ0) is 22.0. The van der Waals surface area contributed by atoms with Crippen LogP contribution in [-0.2, 0) is 18.9 Å². The van der Waals surface area contributed by atoms with Crippen LogP contribution in [0.5, 0.6) is 0 Å². The van der Waals surface area contributed by atoms with Gasteiger partial charge in [0.05, 0.1) is 19.3 Å². The van der Waals surface area contributed by atoms with Crippen molar-refractivity contribution in [3.63, 3.8) is 0 Å². The first-order chi connectivity index (χ1) is 15.4. The lowest BCUT2D eigenvalue weighted by molar-refractivity contribution is -0.215. The molecule has 0 N–H and O–H groups in total. The van der Waals surface area contributed by atoms with Gasteiger partial charge in [0.1, 0.15) is 0 Å². The molecule has 0 aromatic heterocycles. The minimum absolute atomic E-state index is 0.0437. The van der Waals surface area contributed by atoms with Crippen molar-refractivity contribution in [2.75, 3.05) is 19.8 Å². The van der Waals surface area contributed by atoms with Gasteiger partial charge in [0, 0.05) is 12.5 Å². The van der Waals surface area contributed by atoms with Crippen LogP contribution in [-0.4, -0.2) is 38.0 Å². The van der Waals surface area contributed by atoms with E-state index in [0.29, 0.717) is 22.9 Å². The van der Waals surface area contributed by atoms with E-state index in [1.807, 2.05) is 0 Å². The summed E-state index contributed by atoms with van der Waals surface area (Å²) in [5.74, 6) is 2.67. The average molecular weight is 445 g/mol. The highest BCUT2D eigenvalue weighted by molar-refractivity contribution is 5.25. The molecule has 0 radical (unpaired) electrons. The van der Waals surface area contributed by atoms with Crippen LogP contribution in [0.1, 0.15) is 91.4 Å². The molecule has 0 aromatic carbocycles. The summed E-state index contributed by atoms with van der Waals surface area (Å²) in [4.78, 5) is 0. The van der Waals surface area contributed by atoms with Crippen LogP contribution in [0.25, 0.3) is 0 Å². The van der Waals surface area contributed by atoms with Gasteiger partial charge in [-0.25, -0.2) is 0 Å². The summed E-state index contributed by atoms with van der Waals surface area (Å²) in [6, 6.07) is 0. The first kappa shape index (κ1) is 22.1. The summed E-state index contributed by atoms with van der Waals surface area (Å²) >= 11 is 0. The van der Waals surface area contributed by atoms with Gasteiger partial charge in [-0.3, -0.25) is 0 Å². The van der Waals surface area contributed by atoms with E-state index in [0.717, 1.165) is 50.4 Å². The number of ether oxygens (including phenoxy) is 4. The van der Waals surface area contributed by atoms with E-state index in [2.05, 4.69) is 26.8 Å². The third-order valence-corrected chi connectivity index (χ3v) is 11.0. The van der Waals surface area contributed by atoms with Crippen LogP contribution in [0.4, 0.5) is 0 Å². The molecule has 6 rings (SSSR count). The molecule has 0 bridgehead atoms. The van der Waals surface area contributed by atoms with E-state index in [1.165, 1.54) is 57.8 Å². The van der Waals surface area contributed by atoms with Crippen LogP contribution in [0.3, 0.4) is 0 Å². The standard InChI is InChI=1S/C28H44O4/c1-26-13-11-20(32-25-6-4-5-15-29-25)18-19(26)7-8-21-22-9-10-24(28(3)30-16-17-31-28)27(22,2)14-12-23(21)26/h7,20-25H,4-6,8-18H2,1-3H3/t20-,21-,22-,23-,24-,25-,26-,27-/m0/s1. The van der Waals surface area contributed by atoms with Crippen LogP contribution < -0.4 is 0 Å². The van der Waals surface area contributed by atoms with Crippen molar-refractivity contribution in [2.45, 2.75) is 110 Å². The topological polar surface area (TPSA) is 36.9 Å². The second-order valence-corrected chi connectivity index (χ2v) is 12.4. The molecule has 6 aliphatic rings. The van der Waals surface area contributed by atoms with Crippen molar-refractivity contribution in [3.05, 3.63) is 11.6 Å². The van der Waals surface area contributed by atoms with Crippen molar-refractivity contribution in [1.82, 2.24) is 0 Å². The molecule has 8 atom stereocenters. The van der Waals surface area contributed by atoms with Crippen molar-refractivity contribution in [1.29, 1.82) is 0 Å². The second-order valence-electron chi connectivity index (χ2n) is 12.4. The molecule has 180 valence electrons. The third-order valence-electron chi connectivity index (χ3n) is 11.0. The fourth-order valence-corrected chi connectivity index (χ4v) is 9.37. The summed E-state index contributed by atoms with van der Waals surface area (Å²) in [7, 11) is 0. The SMILES string of the molecule is CC1([C@H]2CC[C@H]3[C@@H]4CC=C5C[C@@H](O[C@H]6CCCCO6)CC[C@]5(C)[C@H]4CC[C@]23C)OCCO1. The van der Waals surface area contributed by atoms with Gasteiger partial charge in [-0.15, -0.1) is 0 Å². The smallest absolute Gasteiger partial charge is 0.169 e. The van der Waals surface area contributed by atoms with Gasteiger partial charge in [0.25, 0.3) is 0 Å². The number of hydrogen-bond acceptors (Lipinski definition) is 4. The predicted molar refractivity (Wildman–Crippen MR) is 124 cm³/mol. The van der Waals surface area contributed by atoms with E-state index >= 15 is 0 Å². The van der Waals surface area contributed by atoms with Crippen molar-refractivity contribution in [2.24, 2.45) is 34.5 Å². The highest BCUT2D eigenvalue weighted by atomic mass is 16.7. The average Bonchev–Trinajstić information content (AvgIpc) is 3.38. The zero-order valence-electron chi connectivity index (χ0n) is 20.6. The number of allylic oxidation sites excluding steroid dienone is 1. The van der Waals surface area contributed by atoms with Crippen LogP contribution in [0.15, 0.2) is 11.6 Å². The maximum Gasteiger partial charge on any atom is 0.169 e. The van der Waals surface area contributed by atoms with Gasteiger partial charge in [0.2, 0.25) is 0 Å². The van der Waals surface area contributed by atoms with Gasteiger partial charge >= 0.3 is 0 Å². The molecule has 3 saturated carbocycles. The van der Waals surface area contributed by atoms with E-state index in [4.69, 9.17) is 18.9 Å². The lowest BCUT2D eigenvalue weighted by Gasteiger charge is -2.59. The number of hydrogen-bond donors (Lipinski definition) is 0. The maximum atomic E-state index is 6.44. The normalized spacial score (nSPS) is 50.3. The summed E-state index contributed by atoms with van der Waals surface area (Å²) in [6.07, 6.45) is 16.8. The molecule has 0 unspecified atom stereocenters. The van der Waals surface area contributed by atoms with Crippen molar-refractivity contribution >= 4 is 0 Å². The fraction of sp³-hybridized carbons (Fsp3) is 0.929. The summed E-state index contributed by atoms with van der Waals surface area (Å²) < 4.78 is 24.7. The zero-order valence-corrected chi connectivity index (χ0v) is 20.6. The molecule has 0 spiro atoms. The van der Waals surface area contributed by atoms with Crippen LogP contribution in [0, 0.1) is 34.5 Å². The quantitative estimate of drug-likeness (QED) is 0.483. The lowest BCUT2D eigenvalue weighted by atomic mass is 9.47. The van der Waals surface area contributed by atoms with E-state index in [9.17, 15) is 0 Å². The Labute approximate surface area is 194 Å². The minimum atomic E-state index is -0.355. The highest BCUT2D eigenvalue weighted by Crippen LogP contribution is 2.68. The Morgan fingerprint density at radius 1 is 0.875 bits per heavy atom. The van der Waals surface area contributed by atoms with Crippen LogP contribution in [0.2, 0.25) is 0 Å².